The van der Waals surface area contributed by atoms with Crippen LogP contribution in [0.25, 0.3) is 11.0 Å². The van der Waals surface area contributed by atoms with Crippen LogP contribution >= 0.6 is 11.6 Å². The molecule has 6 heteroatoms. The quantitative estimate of drug-likeness (QED) is 0.519. The van der Waals surface area contributed by atoms with E-state index in [4.69, 9.17) is 25.5 Å². The number of rotatable bonds is 2. The fraction of sp³-hybridized carbons (Fsp3) is 0.158. The number of esters is 1. The van der Waals surface area contributed by atoms with Gasteiger partial charge < -0.3 is 13.9 Å². The van der Waals surface area contributed by atoms with Gasteiger partial charge in [0.05, 0.1) is 24.0 Å². The van der Waals surface area contributed by atoms with Gasteiger partial charge in [0.2, 0.25) is 6.10 Å². The molecule has 1 aromatic heterocycles. The van der Waals surface area contributed by atoms with E-state index < -0.39 is 23.6 Å². The van der Waals surface area contributed by atoms with E-state index in [1.54, 1.807) is 42.5 Å². The van der Waals surface area contributed by atoms with Gasteiger partial charge in [0, 0.05) is 5.02 Å². The molecule has 3 aromatic rings. The number of ether oxygens (including phenoxy) is 2. The molecule has 1 aliphatic rings. The number of hydrogen-bond donors (Lipinski definition) is 0. The van der Waals surface area contributed by atoms with Gasteiger partial charge in [-0.25, -0.2) is 9.59 Å². The van der Waals surface area contributed by atoms with E-state index in [0.29, 0.717) is 27.3 Å². The topological polar surface area (TPSA) is 65.7 Å². The summed E-state index contributed by atoms with van der Waals surface area (Å²) in [6.07, 6.45) is -1.01. The van der Waals surface area contributed by atoms with Crippen LogP contribution < -0.4 is 10.4 Å². The van der Waals surface area contributed by atoms with Gasteiger partial charge in [-0.1, -0.05) is 41.9 Å². The minimum Gasteiger partial charge on any atom is -0.476 e. The number of benzene rings is 2. The molecule has 0 amide bonds. The second-order valence-electron chi connectivity index (χ2n) is 5.69. The van der Waals surface area contributed by atoms with Crippen molar-refractivity contribution >= 4 is 28.5 Å². The van der Waals surface area contributed by atoms with Crippen LogP contribution in [0.3, 0.4) is 0 Å². The summed E-state index contributed by atoms with van der Waals surface area (Å²) in [5, 5.41) is 1.06. The number of carbonyl (C=O) groups is 1. The standard InChI is InChI=1S/C19H13ClO5/c1-23-19(22)17-14(10-6-2-4-8-12(10)20)15-16(25-17)11-7-3-5-9-13(11)24-18(15)21/h2-9,14,17H,1H3/t14-,17-/m0/s1. The molecule has 5 nitrogen and oxygen atoms in total. The molecule has 1 aliphatic heterocycles. The SMILES string of the molecule is COC(=O)[C@H]1Oc2c(c(=O)oc3ccccc23)[C@@H]1c1ccccc1Cl. The number of fused-ring (bicyclic) bond motifs is 3. The fourth-order valence-electron chi connectivity index (χ4n) is 3.22. The lowest BCUT2D eigenvalue weighted by atomic mass is 9.88. The summed E-state index contributed by atoms with van der Waals surface area (Å²) in [7, 11) is 1.28. The molecule has 25 heavy (non-hydrogen) atoms. The van der Waals surface area contributed by atoms with Crippen LogP contribution in [-0.2, 0) is 9.53 Å². The van der Waals surface area contributed by atoms with Gasteiger partial charge in [-0.2, -0.15) is 0 Å². The monoisotopic (exact) mass is 356 g/mol. The third-order valence-electron chi connectivity index (χ3n) is 4.33. The predicted molar refractivity (Wildman–Crippen MR) is 92.2 cm³/mol. The fourth-order valence-corrected chi connectivity index (χ4v) is 3.48. The summed E-state index contributed by atoms with van der Waals surface area (Å²) in [6.45, 7) is 0. The van der Waals surface area contributed by atoms with E-state index in [2.05, 4.69) is 0 Å². The zero-order valence-electron chi connectivity index (χ0n) is 13.2. The highest BCUT2D eigenvalue weighted by Crippen LogP contribution is 2.45. The largest absolute Gasteiger partial charge is 0.476 e. The third kappa shape index (κ3) is 2.39. The molecular weight excluding hydrogens is 344 g/mol. The molecule has 2 atom stereocenters. The van der Waals surface area contributed by atoms with Crippen LogP contribution in [0.4, 0.5) is 0 Å². The van der Waals surface area contributed by atoms with Gasteiger partial charge in [0.1, 0.15) is 11.3 Å². The smallest absolute Gasteiger partial charge is 0.348 e. The number of para-hydroxylation sites is 1. The maximum atomic E-state index is 12.6. The molecule has 2 heterocycles. The minimum absolute atomic E-state index is 0.280. The van der Waals surface area contributed by atoms with Crippen molar-refractivity contribution in [2.24, 2.45) is 0 Å². The van der Waals surface area contributed by atoms with Crippen LogP contribution in [0.5, 0.6) is 5.75 Å². The lowest BCUT2D eigenvalue weighted by Crippen LogP contribution is -2.32. The maximum absolute atomic E-state index is 12.6. The van der Waals surface area contributed by atoms with Gasteiger partial charge in [-0.3, -0.25) is 0 Å². The summed E-state index contributed by atoms with van der Waals surface area (Å²) >= 11 is 6.31. The first kappa shape index (κ1) is 15.7. The average molecular weight is 357 g/mol. The normalized spacial score (nSPS) is 18.6. The Bertz CT molecular complexity index is 1040. The van der Waals surface area contributed by atoms with E-state index in [1.807, 2.05) is 6.07 Å². The lowest BCUT2D eigenvalue weighted by molar-refractivity contribution is -0.148. The Morgan fingerprint density at radius 1 is 1.12 bits per heavy atom. The molecule has 0 saturated heterocycles. The Balaban J connectivity index is 2.02. The maximum Gasteiger partial charge on any atom is 0.348 e. The van der Waals surface area contributed by atoms with Crippen molar-refractivity contribution in [2.75, 3.05) is 7.11 Å². The molecule has 0 radical (unpaired) electrons. The zero-order valence-corrected chi connectivity index (χ0v) is 13.9. The van der Waals surface area contributed by atoms with Crippen molar-refractivity contribution in [1.29, 1.82) is 0 Å². The van der Waals surface area contributed by atoms with Crippen molar-refractivity contribution in [1.82, 2.24) is 0 Å². The van der Waals surface area contributed by atoms with Gasteiger partial charge in [-0.15, -0.1) is 0 Å². The van der Waals surface area contributed by atoms with Crippen LogP contribution in [0.1, 0.15) is 17.0 Å². The average Bonchev–Trinajstić information content (AvgIpc) is 3.03. The second kappa shape index (κ2) is 5.93. The van der Waals surface area contributed by atoms with Gasteiger partial charge in [0.25, 0.3) is 0 Å². The molecule has 126 valence electrons. The predicted octanol–water partition coefficient (Wildman–Crippen LogP) is 3.51. The Morgan fingerprint density at radius 3 is 2.60 bits per heavy atom. The molecule has 0 saturated carbocycles. The zero-order chi connectivity index (χ0) is 17.6. The summed E-state index contributed by atoms with van der Waals surface area (Å²) in [6, 6.07) is 14.0. The number of hydrogen-bond acceptors (Lipinski definition) is 5. The van der Waals surface area contributed by atoms with Gasteiger partial charge in [-0.05, 0) is 23.8 Å². The molecule has 0 unspecified atom stereocenters. The Hall–Kier alpha value is -2.79. The number of halogens is 1. The second-order valence-corrected chi connectivity index (χ2v) is 6.10. The van der Waals surface area contributed by atoms with Crippen molar-refractivity contribution in [3.63, 3.8) is 0 Å². The molecule has 2 aromatic carbocycles. The first-order valence-electron chi connectivity index (χ1n) is 7.66. The Labute approximate surface area is 147 Å². The van der Waals surface area contributed by atoms with Gasteiger partial charge in [0.15, 0.2) is 0 Å². The van der Waals surface area contributed by atoms with Crippen molar-refractivity contribution in [3.05, 3.63) is 75.1 Å². The Morgan fingerprint density at radius 2 is 1.84 bits per heavy atom. The lowest BCUT2D eigenvalue weighted by Gasteiger charge is -2.17. The summed E-state index contributed by atoms with van der Waals surface area (Å²) in [5.74, 6) is -0.936. The summed E-state index contributed by atoms with van der Waals surface area (Å²) in [5.41, 5.74) is 0.739. The highest BCUT2D eigenvalue weighted by atomic mass is 35.5. The number of carbonyl (C=O) groups excluding carboxylic acids is 1. The van der Waals surface area contributed by atoms with Crippen LogP contribution in [0.2, 0.25) is 5.02 Å². The molecule has 0 N–H and O–H groups in total. The first-order valence-corrected chi connectivity index (χ1v) is 8.04. The van der Waals surface area contributed by atoms with E-state index in [0.717, 1.165) is 0 Å². The van der Waals surface area contributed by atoms with E-state index in [-0.39, 0.29) is 5.56 Å². The van der Waals surface area contributed by atoms with Crippen LogP contribution in [-0.4, -0.2) is 19.2 Å². The van der Waals surface area contributed by atoms with E-state index >= 15 is 0 Å². The molecule has 4 rings (SSSR count). The van der Waals surface area contributed by atoms with Crippen molar-refractivity contribution < 1.29 is 18.7 Å². The summed E-state index contributed by atoms with van der Waals surface area (Å²) < 4.78 is 16.2. The molecule has 0 bridgehead atoms. The molecule has 0 aliphatic carbocycles. The number of methoxy groups -OCH3 is 1. The van der Waals surface area contributed by atoms with Gasteiger partial charge >= 0.3 is 11.6 Å². The first-order chi connectivity index (χ1) is 12.1. The third-order valence-corrected chi connectivity index (χ3v) is 4.68. The highest BCUT2D eigenvalue weighted by molar-refractivity contribution is 6.31. The molecule has 0 fully saturated rings. The highest BCUT2D eigenvalue weighted by Gasteiger charge is 2.45. The minimum atomic E-state index is -1.01. The van der Waals surface area contributed by atoms with E-state index in [1.165, 1.54) is 7.11 Å². The molecular formula is C19H13ClO5. The molecule has 0 spiro atoms. The summed E-state index contributed by atoms with van der Waals surface area (Å²) in [4.78, 5) is 24.9. The Kier molecular flexibility index (Phi) is 3.73. The van der Waals surface area contributed by atoms with E-state index in [9.17, 15) is 9.59 Å². The van der Waals surface area contributed by atoms with Crippen LogP contribution in [0.15, 0.2) is 57.7 Å². The van der Waals surface area contributed by atoms with Crippen molar-refractivity contribution in [2.45, 2.75) is 12.0 Å². The van der Waals surface area contributed by atoms with Crippen molar-refractivity contribution in [3.8, 4) is 5.75 Å². The van der Waals surface area contributed by atoms with Crippen LogP contribution in [0, 0.1) is 0 Å².